The van der Waals surface area contributed by atoms with E-state index in [9.17, 15) is 22.8 Å². The Hall–Kier alpha value is -3.88. The van der Waals surface area contributed by atoms with Crippen LogP contribution in [0.2, 0.25) is 0 Å². The third-order valence-corrected chi connectivity index (χ3v) is 5.91. The van der Waals surface area contributed by atoms with E-state index in [1.807, 2.05) is 41.3 Å². The smallest absolute Gasteiger partial charge is 0.353 e. The number of amides is 2. The monoisotopic (exact) mass is 482 g/mol. The fourth-order valence-electron chi connectivity index (χ4n) is 4.00. The highest BCUT2D eigenvalue weighted by atomic mass is 19.4. The van der Waals surface area contributed by atoms with Crippen LogP contribution in [-0.2, 0) is 17.4 Å². The van der Waals surface area contributed by atoms with Gasteiger partial charge in [0.25, 0.3) is 5.91 Å². The van der Waals surface area contributed by atoms with E-state index in [0.29, 0.717) is 44.0 Å². The second kappa shape index (κ2) is 10.6. The molecular weight excluding hydrogens is 457 g/mol. The Bertz CT molecular complexity index is 1130. The highest BCUT2D eigenvalue weighted by molar-refractivity contribution is 5.97. The van der Waals surface area contributed by atoms with Crippen LogP contribution in [0.1, 0.15) is 21.5 Å². The zero-order valence-corrected chi connectivity index (χ0v) is 18.9. The van der Waals surface area contributed by atoms with E-state index in [-0.39, 0.29) is 11.8 Å². The maximum atomic E-state index is 13.4. The number of hydrogen-bond acceptors (Lipinski definition) is 4. The predicted molar refractivity (Wildman–Crippen MR) is 126 cm³/mol. The van der Waals surface area contributed by atoms with Crippen LogP contribution in [-0.4, -0.2) is 53.9 Å². The van der Waals surface area contributed by atoms with Gasteiger partial charge in [0.2, 0.25) is 5.91 Å². The fourth-order valence-corrected chi connectivity index (χ4v) is 4.00. The average molecular weight is 483 g/mol. The van der Waals surface area contributed by atoms with Crippen molar-refractivity contribution < 1.29 is 22.8 Å². The molecule has 1 fully saturated rings. The second-order valence-electron chi connectivity index (χ2n) is 8.30. The molecule has 0 saturated carbocycles. The van der Waals surface area contributed by atoms with Crippen molar-refractivity contribution in [3.63, 3.8) is 0 Å². The molecule has 3 aromatic rings. The van der Waals surface area contributed by atoms with Crippen LogP contribution in [0, 0.1) is 0 Å². The minimum atomic E-state index is -4.44. The van der Waals surface area contributed by atoms with Gasteiger partial charge in [-0.15, -0.1) is 0 Å². The number of anilines is 1. The first kappa shape index (κ1) is 24.3. The lowest BCUT2D eigenvalue weighted by Crippen LogP contribution is -2.55. The summed E-state index contributed by atoms with van der Waals surface area (Å²) in [5.41, 5.74) is 0.594. The molecule has 0 radical (unpaired) electrons. The SMILES string of the molecule is O=C(NC(Cc1ccccc1)C(=O)N1CCN(c2ccc(C(F)(F)F)cn2)CC1)c1ccccc1. The lowest BCUT2D eigenvalue weighted by atomic mass is 10.0. The van der Waals surface area contributed by atoms with Crippen LogP contribution in [0.25, 0.3) is 0 Å². The lowest BCUT2D eigenvalue weighted by Gasteiger charge is -2.37. The summed E-state index contributed by atoms with van der Waals surface area (Å²) in [4.78, 5) is 33.7. The zero-order valence-electron chi connectivity index (χ0n) is 18.9. The van der Waals surface area contributed by atoms with Crippen LogP contribution in [0.4, 0.5) is 19.0 Å². The summed E-state index contributed by atoms with van der Waals surface area (Å²) < 4.78 is 38.4. The van der Waals surface area contributed by atoms with Gasteiger partial charge in [-0.25, -0.2) is 4.98 Å². The van der Waals surface area contributed by atoms with Crippen molar-refractivity contribution in [1.29, 1.82) is 0 Å². The van der Waals surface area contributed by atoms with Gasteiger partial charge in [0.15, 0.2) is 0 Å². The zero-order chi connectivity index (χ0) is 24.8. The van der Waals surface area contributed by atoms with Gasteiger partial charge in [0.1, 0.15) is 11.9 Å². The molecule has 1 aliphatic rings. The Morgan fingerprint density at radius 3 is 2.09 bits per heavy atom. The Kier molecular flexibility index (Phi) is 7.33. The number of halogens is 3. The topological polar surface area (TPSA) is 65.5 Å². The number of alkyl halides is 3. The number of benzene rings is 2. The van der Waals surface area contributed by atoms with Gasteiger partial charge in [-0.2, -0.15) is 13.2 Å². The van der Waals surface area contributed by atoms with Gasteiger partial charge >= 0.3 is 6.18 Å². The highest BCUT2D eigenvalue weighted by Crippen LogP contribution is 2.29. The van der Waals surface area contributed by atoms with Crippen molar-refractivity contribution in [2.75, 3.05) is 31.1 Å². The Balaban J connectivity index is 1.43. The van der Waals surface area contributed by atoms with Crippen molar-refractivity contribution in [3.8, 4) is 0 Å². The van der Waals surface area contributed by atoms with E-state index < -0.39 is 17.8 Å². The minimum Gasteiger partial charge on any atom is -0.353 e. The van der Waals surface area contributed by atoms with E-state index in [2.05, 4.69) is 10.3 Å². The predicted octanol–water partition coefficient (Wildman–Crippen LogP) is 3.79. The van der Waals surface area contributed by atoms with E-state index in [4.69, 9.17) is 0 Å². The molecule has 1 atom stereocenters. The first-order chi connectivity index (χ1) is 16.8. The molecular formula is C26H25F3N4O2. The minimum absolute atomic E-state index is 0.196. The molecule has 1 aliphatic heterocycles. The van der Waals surface area contributed by atoms with E-state index in [1.54, 1.807) is 29.2 Å². The van der Waals surface area contributed by atoms with Crippen molar-refractivity contribution >= 4 is 17.6 Å². The molecule has 2 amide bonds. The van der Waals surface area contributed by atoms with Crippen LogP contribution in [0.15, 0.2) is 79.0 Å². The molecule has 182 valence electrons. The number of rotatable bonds is 6. The van der Waals surface area contributed by atoms with Gasteiger partial charge in [-0.1, -0.05) is 48.5 Å². The summed E-state index contributed by atoms with van der Waals surface area (Å²) in [6, 6.07) is 19.8. The van der Waals surface area contributed by atoms with E-state index >= 15 is 0 Å². The molecule has 0 aliphatic carbocycles. The summed E-state index contributed by atoms with van der Waals surface area (Å²) in [7, 11) is 0. The van der Waals surface area contributed by atoms with Gasteiger partial charge in [0.05, 0.1) is 5.56 Å². The van der Waals surface area contributed by atoms with Crippen molar-refractivity contribution in [2.24, 2.45) is 0 Å². The van der Waals surface area contributed by atoms with Crippen LogP contribution >= 0.6 is 0 Å². The number of aromatic nitrogens is 1. The first-order valence-corrected chi connectivity index (χ1v) is 11.3. The summed E-state index contributed by atoms with van der Waals surface area (Å²) in [5, 5.41) is 2.88. The lowest BCUT2D eigenvalue weighted by molar-refractivity contribution is -0.138. The molecule has 35 heavy (non-hydrogen) atoms. The number of nitrogens with one attached hydrogen (secondary N) is 1. The molecule has 9 heteroatoms. The number of hydrogen-bond donors (Lipinski definition) is 1. The van der Waals surface area contributed by atoms with Crippen molar-refractivity contribution in [3.05, 3.63) is 95.7 Å². The van der Waals surface area contributed by atoms with Gasteiger partial charge in [-0.3, -0.25) is 9.59 Å². The van der Waals surface area contributed by atoms with E-state index in [1.165, 1.54) is 6.07 Å². The number of carbonyl (C=O) groups is 2. The van der Waals surface area contributed by atoms with Crippen LogP contribution in [0.3, 0.4) is 0 Å². The van der Waals surface area contributed by atoms with Crippen molar-refractivity contribution in [1.82, 2.24) is 15.2 Å². The molecule has 6 nitrogen and oxygen atoms in total. The average Bonchev–Trinajstić information content (AvgIpc) is 2.88. The molecule has 1 aromatic heterocycles. The number of nitrogens with zero attached hydrogens (tertiary/aromatic N) is 3. The molecule has 1 N–H and O–H groups in total. The molecule has 1 saturated heterocycles. The van der Waals surface area contributed by atoms with Crippen LogP contribution < -0.4 is 10.2 Å². The fraction of sp³-hybridized carbons (Fsp3) is 0.269. The maximum Gasteiger partial charge on any atom is 0.417 e. The summed E-state index contributed by atoms with van der Waals surface area (Å²) in [6.07, 6.45) is -3.27. The summed E-state index contributed by atoms with van der Waals surface area (Å²) in [5.74, 6) is -0.0889. The van der Waals surface area contributed by atoms with Gasteiger partial charge in [0, 0.05) is 44.4 Å². The van der Waals surface area contributed by atoms with Gasteiger partial charge in [-0.05, 0) is 29.8 Å². The second-order valence-corrected chi connectivity index (χ2v) is 8.30. The van der Waals surface area contributed by atoms with Crippen LogP contribution in [0.5, 0.6) is 0 Å². The molecule has 2 aromatic carbocycles. The Labute approximate surface area is 201 Å². The number of pyridine rings is 1. The number of carbonyl (C=O) groups excluding carboxylic acids is 2. The van der Waals surface area contributed by atoms with Gasteiger partial charge < -0.3 is 15.1 Å². The summed E-state index contributed by atoms with van der Waals surface area (Å²) in [6.45, 7) is 1.59. The number of piperazine rings is 1. The summed E-state index contributed by atoms with van der Waals surface area (Å²) >= 11 is 0. The standard InChI is InChI=1S/C26H25F3N4O2/c27-26(28,29)21-11-12-23(30-18-21)32-13-15-33(16-14-32)25(35)22(17-19-7-3-1-4-8-19)31-24(34)20-9-5-2-6-10-20/h1-12,18,22H,13-17H2,(H,31,34). The normalized spacial score (nSPS) is 14.9. The highest BCUT2D eigenvalue weighted by Gasteiger charge is 2.32. The molecule has 0 spiro atoms. The largest absolute Gasteiger partial charge is 0.417 e. The molecule has 2 heterocycles. The molecule has 1 unspecified atom stereocenters. The Morgan fingerprint density at radius 1 is 0.886 bits per heavy atom. The molecule has 0 bridgehead atoms. The first-order valence-electron chi connectivity index (χ1n) is 11.3. The third-order valence-electron chi connectivity index (χ3n) is 5.91. The van der Waals surface area contributed by atoms with Crippen molar-refractivity contribution in [2.45, 2.75) is 18.6 Å². The quantitative estimate of drug-likeness (QED) is 0.581. The maximum absolute atomic E-state index is 13.4. The Morgan fingerprint density at radius 2 is 1.51 bits per heavy atom. The molecule has 4 rings (SSSR count). The van der Waals surface area contributed by atoms with E-state index in [0.717, 1.165) is 17.8 Å². The third kappa shape index (κ3) is 6.17.